The summed E-state index contributed by atoms with van der Waals surface area (Å²) in [5.41, 5.74) is 0. The van der Waals surface area contributed by atoms with Gasteiger partial charge in [-0.05, 0) is 37.2 Å². The molecular formula is C12H16ClN3S. The van der Waals surface area contributed by atoms with E-state index in [-0.39, 0.29) is 0 Å². The van der Waals surface area contributed by atoms with Gasteiger partial charge in [-0.2, -0.15) is 0 Å². The van der Waals surface area contributed by atoms with E-state index in [9.17, 15) is 0 Å². The number of nitrogens with zero attached hydrogens (tertiary/aromatic N) is 1. The molecular weight excluding hydrogens is 254 g/mol. The van der Waals surface area contributed by atoms with E-state index >= 15 is 0 Å². The van der Waals surface area contributed by atoms with Gasteiger partial charge in [0.15, 0.2) is 5.11 Å². The second-order valence-corrected chi connectivity index (χ2v) is 5.14. The Morgan fingerprint density at radius 2 is 2.06 bits per heavy atom. The molecule has 0 amide bonds. The first kappa shape index (κ1) is 12.6. The number of pyridine rings is 1. The minimum Gasteiger partial charge on any atom is -0.360 e. The molecule has 0 aromatic carbocycles. The van der Waals surface area contributed by atoms with E-state index in [0.717, 1.165) is 5.82 Å². The van der Waals surface area contributed by atoms with Crippen LogP contribution >= 0.6 is 23.8 Å². The molecule has 0 unspecified atom stereocenters. The third-order valence-electron chi connectivity index (χ3n) is 2.91. The quantitative estimate of drug-likeness (QED) is 0.808. The summed E-state index contributed by atoms with van der Waals surface area (Å²) in [5, 5.41) is 7.67. The Labute approximate surface area is 112 Å². The van der Waals surface area contributed by atoms with Gasteiger partial charge in [-0.3, -0.25) is 0 Å². The lowest BCUT2D eigenvalue weighted by molar-refractivity contribution is 0.415. The van der Waals surface area contributed by atoms with E-state index in [0.29, 0.717) is 16.2 Å². The van der Waals surface area contributed by atoms with Crippen LogP contribution in [0, 0.1) is 0 Å². The Hall–Kier alpha value is -0.870. The van der Waals surface area contributed by atoms with Crippen molar-refractivity contribution < 1.29 is 0 Å². The number of nitrogens with one attached hydrogen (secondary N) is 2. The highest BCUT2D eigenvalue weighted by Gasteiger charge is 2.13. The molecule has 0 aliphatic heterocycles. The van der Waals surface area contributed by atoms with Crippen LogP contribution < -0.4 is 10.6 Å². The maximum atomic E-state index is 5.77. The maximum Gasteiger partial charge on any atom is 0.172 e. The molecule has 3 nitrogen and oxygen atoms in total. The normalized spacial score (nSPS) is 16.5. The van der Waals surface area contributed by atoms with Crippen molar-refractivity contribution in [3.63, 3.8) is 0 Å². The summed E-state index contributed by atoms with van der Waals surface area (Å²) in [4.78, 5) is 4.14. The van der Waals surface area contributed by atoms with Crippen LogP contribution in [-0.2, 0) is 0 Å². The van der Waals surface area contributed by atoms with Gasteiger partial charge in [0.05, 0.1) is 5.02 Å². The summed E-state index contributed by atoms with van der Waals surface area (Å²) < 4.78 is 0. The van der Waals surface area contributed by atoms with E-state index in [1.165, 1.54) is 32.1 Å². The number of anilines is 1. The standard InChI is InChI=1S/C12H16ClN3S/c13-9-6-7-11(14-8-9)16-12(17)15-10-4-2-1-3-5-10/h6-8,10H,1-5H2,(H2,14,15,16,17). The fraction of sp³-hybridized carbons (Fsp3) is 0.500. The first-order valence-electron chi connectivity index (χ1n) is 5.93. The van der Waals surface area contributed by atoms with Gasteiger partial charge in [0.25, 0.3) is 0 Å². The largest absolute Gasteiger partial charge is 0.360 e. The first-order valence-corrected chi connectivity index (χ1v) is 6.72. The molecule has 0 spiro atoms. The number of rotatable bonds is 2. The monoisotopic (exact) mass is 269 g/mol. The van der Waals surface area contributed by atoms with Gasteiger partial charge in [0.1, 0.15) is 5.82 Å². The van der Waals surface area contributed by atoms with Crippen molar-refractivity contribution in [3.8, 4) is 0 Å². The molecule has 1 fully saturated rings. The minimum atomic E-state index is 0.510. The van der Waals surface area contributed by atoms with Crippen molar-refractivity contribution in [1.82, 2.24) is 10.3 Å². The molecule has 92 valence electrons. The zero-order valence-electron chi connectivity index (χ0n) is 9.58. The summed E-state index contributed by atoms with van der Waals surface area (Å²) in [7, 11) is 0. The average Bonchev–Trinajstić information content (AvgIpc) is 2.33. The number of aromatic nitrogens is 1. The topological polar surface area (TPSA) is 37.0 Å². The van der Waals surface area contributed by atoms with E-state index in [1.807, 2.05) is 6.07 Å². The molecule has 1 heterocycles. The van der Waals surface area contributed by atoms with Crippen LogP contribution in [0.3, 0.4) is 0 Å². The molecule has 2 rings (SSSR count). The third kappa shape index (κ3) is 4.13. The van der Waals surface area contributed by atoms with Gasteiger partial charge in [-0.1, -0.05) is 30.9 Å². The van der Waals surface area contributed by atoms with Crippen molar-refractivity contribution >= 4 is 34.7 Å². The molecule has 1 aromatic rings. The molecule has 0 radical (unpaired) electrons. The Morgan fingerprint density at radius 3 is 2.71 bits per heavy atom. The fourth-order valence-electron chi connectivity index (χ4n) is 2.03. The molecule has 17 heavy (non-hydrogen) atoms. The Balaban J connectivity index is 1.82. The highest BCUT2D eigenvalue weighted by Crippen LogP contribution is 2.17. The lowest BCUT2D eigenvalue weighted by Crippen LogP contribution is -2.38. The van der Waals surface area contributed by atoms with E-state index in [2.05, 4.69) is 15.6 Å². The molecule has 1 aromatic heterocycles. The van der Waals surface area contributed by atoms with Crippen molar-refractivity contribution in [2.24, 2.45) is 0 Å². The molecule has 0 saturated heterocycles. The molecule has 1 aliphatic rings. The number of halogens is 1. The van der Waals surface area contributed by atoms with Crippen molar-refractivity contribution in [1.29, 1.82) is 0 Å². The molecule has 1 aliphatic carbocycles. The number of hydrogen-bond acceptors (Lipinski definition) is 2. The van der Waals surface area contributed by atoms with Crippen molar-refractivity contribution in [3.05, 3.63) is 23.4 Å². The molecule has 1 saturated carbocycles. The van der Waals surface area contributed by atoms with Crippen LogP contribution in [0.25, 0.3) is 0 Å². The second kappa shape index (κ2) is 6.17. The molecule has 5 heteroatoms. The van der Waals surface area contributed by atoms with Gasteiger partial charge >= 0.3 is 0 Å². The maximum absolute atomic E-state index is 5.77. The molecule has 0 bridgehead atoms. The van der Waals surface area contributed by atoms with Gasteiger partial charge in [-0.25, -0.2) is 4.98 Å². The first-order chi connectivity index (χ1) is 8.24. The summed E-state index contributed by atoms with van der Waals surface area (Å²) in [6.07, 6.45) is 7.94. The average molecular weight is 270 g/mol. The van der Waals surface area contributed by atoms with Gasteiger partial charge in [0.2, 0.25) is 0 Å². The van der Waals surface area contributed by atoms with Gasteiger partial charge in [0, 0.05) is 12.2 Å². The second-order valence-electron chi connectivity index (χ2n) is 4.30. The van der Waals surface area contributed by atoms with E-state index in [4.69, 9.17) is 23.8 Å². The van der Waals surface area contributed by atoms with Crippen LogP contribution in [0.1, 0.15) is 32.1 Å². The Bertz CT molecular complexity index is 374. The summed E-state index contributed by atoms with van der Waals surface area (Å²) in [6, 6.07) is 4.12. The van der Waals surface area contributed by atoms with Crippen LogP contribution in [0.2, 0.25) is 5.02 Å². The van der Waals surface area contributed by atoms with Crippen LogP contribution in [-0.4, -0.2) is 16.1 Å². The predicted octanol–water partition coefficient (Wildman–Crippen LogP) is 3.35. The zero-order chi connectivity index (χ0) is 12.1. The Morgan fingerprint density at radius 1 is 1.29 bits per heavy atom. The van der Waals surface area contributed by atoms with Gasteiger partial charge in [-0.15, -0.1) is 0 Å². The fourth-order valence-corrected chi connectivity index (χ4v) is 2.42. The third-order valence-corrected chi connectivity index (χ3v) is 3.35. The van der Waals surface area contributed by atoms with Crippen LogP contribution in [0.15, 0.2) is 18.3 Å². The summed E-state index contributed by atoms with van der Waals surface area (Å²) in [5.74, 6) is 0.725. The summed E-state index contributed by atoms with van der Waals surface area (Å²) >= 11 is 11.0. The lowest BCUT2D eigenvalue weighted by Gasteiger charge is -2.24. The van der Waals surface area contributed by atoms with Gasteiger partial charge < -0.3 is 10.6 Å². The SMILES string of the molecule is S=C(Nc1ccc(Cl)cn1)NC1CCCCC1. The van der Waals surface area contributed by atoms with E-state index < -0.39 is 0 Å². The highest BCUT2D eigenvalue weighted by molar-refractivity contribution is 7.80. The highest BCUT2D eigenvalue weighted by atomic mass is 35.5. The van der Waals surface area contributed by atoms with Crippen LogP contribution in [0.4, 0.5) is 5.82 Å². The Kier molecular flexibility index (Phi) is 4.57. The minimum absolute atomic E-state index is 0.510. The lowest BCUT2D eigenvalue weighted by atomic mass is 9.96. The molecule has 0 atom stereocenters. The number of thiocarbonyl (C=S) groups is 1. The zero-order valence-corrected chi connectivity index (χ0v) is 11.2. The smallest absolute Gasteiger partial charge is 0.172 e. The summed E-state index contributed by atoms with van der Waals surface area (Å²) in [6.45, 7) is 0. The number of hydrogen-bond donors (Lipinski definition) is 2. The predicted molar refractivity (Wildman–Crippen MR) is 75.5 cm³/mol. The molecule has 2 N–H and O–H groups in total. The van der Waals surface area contributed by atoms with Crippen LogP contribution in [0.5, 0.6) is 0 Å². The van der Waals surface area contributed by atoms with Crippen molar-refractivity contribution in [2.75, 3.05) is 5.32 Å². The van der Waals surface area contributed by atoms with Crippen molar-refractivity contribution in [2.45, 2.75) is 38.1 Å². The van der Waals surface area contributed by atoms with E-state index in [1.54, 1.807) is 12.3 Å².